The number of pyridine rings is 1. The smallest absolute Gasteiger partial charge is 0.252 e. The fraction of sp³-hybridized carbons (Fsp3) is 0.435. The van der Waals surface area contributed by atoms with Gasteiger partial charge in [-0.3, -0.25) is 4.79 Å². The van der Waals surface area contributed by atoms with Gasteiger partial charge in [-0.05, 0) is 68.2 Å². The molecule has 6 nitrogen and oxygen atoms in total. The van der Waals surface area contributed by atoms with Crippen molar-refractivity contribution in [2.45, 2.75) is 38.2 Å². The van der Waals surface area contributed by atoms with Crippen LogP contribution in [0.15, 0.2) is 36.5 Å². The van der Waals surface area contributed by atoms with Crippen molar-refractivity contribution in [3.05, 3.63) is 47.7 Å². The first-order valence-electron chi connectivity index (χ1n) is 10.1. The SMILES string of the molecule is C[C@](O)(CNC(=O)c1cnc(OCC2CC2)c(-c2ccc(C#N)cc2)c1)C1CC1. The summed E-state index contributed by atoms with van der Waals surface area (Å²) in [5.74, 6) is 1.05. The summed E-state index contributed by atoms with van der Waals surface area (Å²) in [6, 6.07) is 11.0. The topological polar surface area (TPSA) is 95.2 Å². The molecular weight excluding hydrogens is 366 g/mol. The van der Waals surface area contributed by atoms with E-state index in [1.165, 1.54) is 19.0 Å². The first-order valence-corrected chi connectivity index (χ1v) is 10.1. The lowest BCUT2D eigenvalue weighted by Gasteiger charge is -2.23. The monoisotopic (exact) mass is 391 g/mol. The highest BCUT2D eigenvalue weighted by Gasteiger charge is 2.40. The summed E-state index contributed by atoms with van der Waals surface area (Å²) < 4.78 is 5.91. The van der Waals surface area contributed by atoms with E-state index in [-0.39, 0.29) is 18.4 Å². The van der Waals surface area contributed by atoms with Gasteiger partial charge in [-0.1, -0.05) is 12.1 Å². The van der Waals surface area contributed by atoms with E-state index in [0.29, 0.717) is 29.5 Å². The van der Waals surface area contributed by atoms with E-state index in [4.69, 9.17) is 10.00 Å². The normalized spacial score (nSPS) is 17.8. The van der Waals surface area contributed by atoms with Crippen LogP contribution in [-0.4, -0.2) is 34.8 Å². The highest BCUT2D eigenvalue weighted by Crippen LogP contribution is 2.39. The first-order chi connectivity index (χ1) is 14.0. The maximum absolute atomic E-state index is 12.7. The lowest BCUT2D eigenvalue weighted by Crippen LogP contribution is -2.42. The van der Waals surface area contributed by atoms with Gasteiger partial charge in [-0.25, -0.2) is 4.98 Å². The lowest BCUT2D eigenvalue weighted by molar-refractivity contribution is 0.0354. The van der Waals surface area contributed by atoms with Gasteiger partial charge >= 0.3 is 0 Å². The van der Waals surface area contributed by atoms with Crippen molar-refractivity contribution in [1.29, 1.82) is 5.26 Å². The van der Waals surface area contributed by atoms with Crippen LogP contribution in [0.3, 0.4) is 0 Å². The van der Waals surface area contributed by atoms with Gasteiger partial charge < -0.3 is 15.2 Å². The Bertz CT molecular complexity index is 939. The van der Waals surface area contributed by atoms with Crippen LogP contribution in [-0.2, 0) is 0 Å². The number of aromatic nitrogens is 1. The van der Waals surface area contributed by atoms with E-state index in [1.807, 2.05) is 12.1 Å². The maximum atomic E-state index is 12.7. The molecule has 1 amide bonds. The van der Waals surface area contributed by atoms with Crippen molar-refractivity contribution in [3.63, 3.8) is 0 Å². The van der Waals surface area contributed by atoms with Crippen LogP contribution in [0.25, 0.3) is 11.1 Å². The molecule has 0 unspecified atom stereocenters. The molecule has 0 bridgehead atoms. The van der Waals surface area contributed by atoms with Gasteiger partial charge in [0, 0.05) is 18.3 Å². The van der Waals surface area contributed by atoms with Gasteiger partial charge in [-0.2, -0.15) is 5.26 Å². The molecule has 2 aliphatic rings. The third kappa shape index (κ3) is 4.75. The van der Waals surface area contributed by atoms with E-state index >= 15 is 0 Å². The summed E-state index contributed by atoms with van der Waals surface area (Å²) in [5, 5.41) is 22.3. The predicted octanol–water partition coefficient (Wildman–Crippen LogP) is 3.30. The zero-order chi connectivity index (χ0) is 20.4. The van der Waals surface area contributed by atoms with Gasteiger partial charge in [0.2, 0.25) is 5.88 Å². The average Bonchev–Trinajstić information content (AvgIpc) is 3.63. The van der Waals surface area contributed by atoms with Crippen LogP contribution in [0.1, 0.15) is 48.5 Å². The minimum Gasteiger partial charge on any atom is -0.477 e. The molecular formula is C23H25N3O3. The van der Waals surface area contributed by atoms with E-state index < -0.39 is 5.60 Å². The molecule has 2 aromatic rings. The predicted molar refractivity (Wildman–Crippen MR) is 108 cm³/mol. The summed E-state index contributed by atoms with van der Waals surface area (Å²) in [6.07, 6.45) is 5.86. The molecule has 1 heterocycles. The summed E-state index contributed by atoms with van der Waals surface area (Å²) in [5.41, 5.74) is 1.65. The van der Waals surface area contributed by atoms with Crippen molar-refractivity contribution < 1.29 is 14.6 Å². The van der Waals surface area contributed by atoms with Gasteiger partial charge in [0.05, 0.1) is 29.4 Å². The summed E-state index contributed by atoms with van der Waals surface area (Å²) in [4.78, 5) is 17.1. The number of nitrogens with zero attached hydrogens (tertiary/aromatic N) is 2. The van der Waals surface area contributed by atoms with Crippen LogP contribution >= 0.6 is 0 Å². The Balaban J connectivity index is 1.55. The standard InChI is InChI=1S/C23H25N3O3/c1-23(28,19-8-9-19)14-26-21(27)18-10-20(17-6-4-15(11-24)5-7-17)22(25-12-18)29-13-16-2-3-16/h4-7,10,12,16,19,28H,2-3,8-9,13-14H2,1H3,(H,26,27)/t23-/m0/s1. The second kappa shape index (κ2) is 7.84. The number of nitriles is 1. The summed E-state index contributed by atoms with van der Waals surface area (Å²) in [7, 11) is 0. The second-order valence-corrected chi connectivity index (χ2v) is 8.33. The quantitative estimate of drug-likeness (QED) is 0.720. The number of aliphatic hydroxyl groups is 1. The molecule has 0 spiro atoms. The lowest BCUT2D eigenvalue weighted by atomic mass is 10.0. The molecule has 4 rings (SSSR count). The summed E-state index contributed by atoms with van der Waals surface area (Å²) >= 11 is 0. The Morgan fingerprint density at radius 2 is 2.03 bits per heavy atom. The maximum Gasteiger partial charge on any atom is 0.252 e. The first kappa shape index (κ1) is 19.4. The molecule has 0 saturated heterocycles. The van der Waals surface area contributed by atoms with Crippen molar-refractivity contribution in [2.24, 2.45) is 11.8 Å². The Hall–Kier alpha value is -2.91. The van der Waals surface area contributed by atoms with Gasteiger partial charge in [0.15, 0.2) is 0 Å². The Kier molecular flexibility index (Phi) is 5.25. The third-order valence-electron chi connectivity index (χ3n) is 5.65. The second-order valence-electron chi connectivity index (χ2n) is 8.33. The number of hydrogen-bond donors (Lipinski definition) is 2. The number of benzene rings is 1. The molecule has 2 N–H and O–H groups in total. The van der Waals surface area contributed by atoms with E-state index in [1.54, 1.807) is 25.1 Å². The largest absolute Gasteiger partial charge is 0.477 e. The molecule has 0 aliphatic heterocycles. The minimum absolute atomic E-state index is 0.211. The number of rotatable bonds is 8. The number of ether oxygens (including phenoxy) is 1. The van der Waals surface area contributed by atoms with Crippen LogP contribution < -0.4 is 10.1 Å². The van der Waals surface area contributed by atoms with Gasteiger partial charge in [0.25, 0.3) is 5.91 Å². The molecule has 2 saturated carbocycles. The Labute approximate surface area is 170 Å². The number of carbonyl (C=O) groups excluding carboxylic acids is 1. The average molecular weight is 391 g/mol. The van der Waals surface area contributed by atoms with Crippen molar-refractivity contribution in [1.82, 2.24) is 10.3 Å². The molecule has 1 aromatic heterocycles. The van der Waals surface area contributed by atoms with Crippen molar-refractivity contribution in [3.8, 4) is 23.1 Å². The zero-order valence-corrected chi connectivity index (χ0v) is 16.5. The minimum atomic E-state index is -0.883. The molecule has 1 atom stereocenters. The molecule has 2 fully saturated rings. The van der Waals surface area contributed by atoms with Crippen LogP contribution in [0.5, 0.6) is 5.88 Å². The Morgan fingerprint density at radius 3 is 2.66 bits per heavy atom. The molecule has 2 aliphatic carbocycles. The number of amides is 1. The van der Waals surface area contributed by atoms with E-state index in [2.05, 4.69) is 16.4 Å². The summed E-state index contributed by atoms with van der Waals surface area (Å²) in [6.45, 7) is 2.59. The third-order valence-corrected chi connectivity index (χ3v) is 5.65. The van der Waals surface area contributed by atoms with E-state index in [9.17, 15) is 9.90 Å². The molecule has 150 valence electrons. The molecule has 0 radical (unpaired) electrons. The fourth-order valence-corrected chi connectivity index (χ4v) is 3.31. The highest BCUT2D eigenvalue weighted by atomic mass is 16.5. The number of nitrogens with one attached hydrogen (secondary N) is 1. The molecule has 29 heavy (non-hydrogen) atoms. The zero-order valence-electron chi connectivity index (χ0n) is 16.5. The van der Waals surface area contributed by atoms with Gasteiger partial charge in [0.1, 0.15) is 0 Å². The van der Waals surface area contributed by atoms with Crippen molar-refractivity contribution in [2.75, 3.05) is 13.2 Å². The van der Waals surface area contributed by atoms with Crippen molar-refractivity contribution >= 4 is 5.91 Å². The highest BCUT2D eigenvalue weighted by molar-refractivity contribution is 5.95. The molecule has 6 heteroatoms. The van der Waals surface area contributed by atoms with Crippen LogP contribution in [0.2, 0.25) is 0 Å². The van der Waals surface area contributed by atoms with E-state index in [0.717, 1.165) is 24.0 Å². The number of hydrogen-bond acceptors (Lipinski definition) is 5. The number of carbonyl (C=O) groups is 1. The van der Waals surface area contributed by atoms with Crippen LogP contribution in [0, 0.1) is 23.2 Å². The fourth-order valence-electron chi connectivity index (χ4n) is 3.31. The van der Waals surface area contributed by atoms with Crippen LogP contribution in [0.4, 0.5) is 0 Å². The molecule has 1 aromatic carbocycles. The Morgan fingerprint density at radius 1 is 1.31 bits per heavy atom. The van der Waals surface area contributed by atoms with Gasteiger partial charge in [-0.15, -0.1) is 0 Å².